The lowest BCUT2D eigenvalue weighted by molar-refractivity contribution is -0.145. The molecule has 1 aromatic rings. The van der Waals surface area contributed by atoms with E-state index in [1.165, 1.54) is 12.0 Å². The minimum atomic E-state index is -0.433. The highest BCUT2D eigenvalue weighted by Gasteiger charge is 2.13. The number of methoxy groups -OCH3 is 1. The van der Waals surface area contributed by atoms with Gasteiger partial charge in [0, 0.05) is 18.9 Å². The highest BCUT2D eigenvalue weighted by Crippen LogP contribution is 1.98. The molecular formula is C11H14N2O3. The summed E-state index contributed by atoms with van der Waals surface area (Å²) >= 11 is 0. The maximum Gasteiger partial charge on any atom is 0.325 e. The number of esters is 1. The van der Waals surface area contributed by atoms with E-state index in [0.29, 0.717) is 5.69 Å². The number of likely N-dealkylation sites (N-methyl/N-ethyl adjacent to an activating group) is 1. The molecule has 5 nitrogen and oxygen atoms in total. The third kappa shape index (κ3) is 3.68. The third-order valence-electron chi connectivity index (χ3n) is 2.08. The fourth-order valence-electron chi connectivity index (χ4n) is 1.14. The van der Waals surface area contributed by atoms with Crippen LogP contribution < -0.4 is 0 Å². The zero-order valence-corrected chi connectivity index (χ0v) is 9.34. The Kier molecular flexibility index (Phi) is 4.44. The molecule has 0 spiro atoms. The number of ether oxygens (including phenoxy) is 1. The van der Waals surface area contributed by atoms with E-state index in [2.05, 4.69) is 9.72 Å². The highest BCUT2D eigenvalue weighted by molar-refractivity contribution is 5.82. The summed E-state index contributed by atoms with van der Waals surface area (Å²) in [5, 5.41) is 0. The van der Waals surface area contributed by atoms with Crippen LogP contribution in [0.4, 0.5) is 0 Å². The summed E-state index contributed by atoms with van der Waals surface area (Å²) in [6.45, 7) is -0.0395. The zero-order valence-electron chi connectivity index (χ0n) is 9.34. The van der Waals surface area contributed by atoms with Gasteiger partial charge in [-0.25, -0.2) is 0 Å². The standard InChI is InChI=1S/C11H14N2O3/c1-13(8-11(15)16-2)10(14)7-9-5-3-4-6-12-9/h3-6H,7-8H2,1-2H3. The van der Waals surface area contributed by atoms with E-state index in [-0.39, 0.29) is 18.9 Å². The van der Waals surface area contributed by atoms with E-state index < -0.39 is 5.97 Å². The van der Waals surface area contributed by atoms with Crippen molar-refractivity contribution in [2.45, 2.75) is 6.42 Å². The van der Waals surface area contributed by atoms with E-state index in [9.17, 15) is 9.59 Å². The van der Waals surface area contributed by atoms with Crippen LogP contribution in [-0.4, -0.2) is 42.5 Å². The molecule has 0 bridgehead atoms. The van der Waals surface area contributed by atoms with Crippen LogP contribution in [0.2, 0.25) is 0 Å². The first-order valence-electron chi connectivity index (χ1n) is 4.84. The number of nitrogens with zero attached hydrogens (tertiary/aromatic N) is 2. The van der Waals surface area contributed by atoms with Crippen LogP contribution in [0.5, 0.6) is 0 Å². The smallest absolute Gasteiger partial charge is 0.325 e. The van der Waals surface area contributed by atoms with Crippen LogP contribution in [0, 0.1) is 0 Å². The van der Waals surface area contributed by atoms with Gasteiger partial charge in [-0.1, -0.05) is 6.07 Å². The Morgan fingerprint density at radius 3 is 2.75 bits per heavy atom. The highest BCUT2D eigenvalue weighted by atomic mass is 16.5. The monoisotopic (exact) mass is 222 g/mol. The number of hydrogen-bond donors (Lipinski definition) is 0. The lowest BCUT2D eigenvalue weighted by atomic mass is 10.2. The van der Waals surface area contributed by atoms with Crippen molar-refractivity contribution in [1.82, 2.24) is 9.88 Å². The minimum absolute atomic E-state index is 0.0395. The maximum absolute atomic E-state index is 11.6. The van der Waals surface area contributed by atoms with Crippen molar-refractivity contribution in [3.8, 4) is 0 Å². The summed E-state index contributed by atoms with van der Waals surface area (Å²) in [7, 11) is 2.85. The van der Waals surface area contributed by atoms with Crippen LogP contribution in [0.25, 0.3) is 0 Å². The van der Waals surface area contributed by atoms with Gasteiger partial charge in [0.25, 0.3) is 0 Å². The average Bonchev–Trinajstić information content (AvgIpc) is 2.30. The Hall–Kier alpha value is -1.91. The van der Waals surface area contributed by atoms with Gasteiger partial charge in [0.05, 0.1) is 13.5 Å². The number of pyridine rings is 1. The topological polar surface area (TPSA) is 59.5 Å². The van der Waals surface area contributed by atoms with Crippen LogP contribution in [0.3, 0.4) is 0 Å². The third-order valence-corrected chi connectivity index (χ3v) is 2.08. The number of rotatable bonds is 4. The predicted octanol–water partition coefficient (Wildman–Crippen LogP) is 0.255. The van der Waals surface area contributed by atoms with Gasteiger partial charge >= 0.3 is 5.97 Å². The Balaban J connectivity index is 2.49. The molecular weight excluding hydrogens is 208 g/mol. The van der Waals surface area contributed by atoms with Gasteiger partial charge in [-0.05, 0) is 12.1 Å². The van der Waals surface area contributed by atoms with E-state index >= 15 is 0 Å². The fraction of sp³-hybridized carbons (Fsp3) is 0.364. The SMILES string of the molecule is COC(=O)CN(C)C(=O)Cc1ccccn1. The van der Waals surface area contributed by atoms with Crippen molar-refractivity contribution in [2.24, 2.45) is 0 Å². The fourth-order valence-corrected chi connectivity index (χ4v) is 1.14. The van der Waals surface area contributed by atoms with Gasteiger partial charge < -0.3 is 9.64 Å². The molecule has 0 aliphatic carbocycles. The molecule has 1 heterocycles. The summed E-state index contributed by atoms with van der Waals surface area (Å²) in [6, 6.07) is 5.37. The van der Waals surface area contributed by atoms with Crippen molar-refractivity contribution >= 4 is 11.9 Å². The predicted molar refractivity (Wildman–Crippen MR) is 57.6 cm³/mol. The molecule has 0 N–H and O–H groups in total. The van der Waals surface area contributed by atoms with Crippen molar-refractivity contribution in [1.29, 1.82) is 0 Å². The molecule has 0 aliphatic rings. The van der Waals surface area contributed by atoms with Gasteiger partial charge in [0.1, 0.15) is 6.54 Å². The number of carbonyl (C=O) groups excluding carboxylic acids is 2. The van der Waals surface area contributed by atoms with E-state index in [4.69, 9.17) is 0 Å². The maximum atomic E-state index is 11.6. The van der Waals surface area contributed by atoms with Gasteiger partial charge in [-0.15, -0.1) is 0 Å². The molecule has 0 fully saturated rings. The Bertz CT molecular complexity index is 365. The molecule has 16 heavy (non-hydrogen) atoms. The Labute approximate surface area is 94.0 Å². The van der Waals surface area contributed by atoms with Crippen molar-refractivity contribution < 1.29 is 14.3 Å². The largest absolute Gasteiger partial charge is 0.468 e. The van der Waals surface area contributed by atoms with Gasteiger partial charge in [-0.3, -0.25) is 14.6 Å². The van der Waals surface area contributed by atoms with Crippen molar-refractivity contribution in [3.63, 3.8) is 0 Å². The number of aromatic nitrogens is 1. The second-order valence-electron chi connectivity index (χ2n) is 3.32. The molecule has 1 amide bonds. The normalized spacial score (nSPS) is 9.62. The summed E-state index contributed by atoms with van der Waals surface area (Å²) < 4.78 is 4.47. The number of hydrogen-bond acceptors (Lipinski definition) is 4. The van der Waals surface area contributed by atoms with Crippen LogP contribution >= 0.6 is 0 Å². The second kappa shape index (κ2) is 5.85. The summed E-state index contributed by atoms with van der Waals surface area (Å²) in [5.74, 6) is -0.596. The van der Waals surface area contributed by atoms with Crippen LogP contribution in [-0.2, 0) is 20.7 Å². The zero-order chi connectivity index (χ0) is 12.0. The minimum Gasteiger partial charge on any atom is -0.468 e. The molecule has 1 aromatic heterocycles. The average molecular weight is 222 g/mol. The molecule has 5 heteroatoms. The first-order chi connectivity index (χ1) is 7.63. The van der Waals surface area contributed by atoms with Crippen LogP contribution in [0.1, 0.15) is 5.69 Å². The first kappa shape index (κ1) is 12.2. The lowest BCUT2D eigenvalue weighted by Crippen LogP contribution is -2.33. The van der Waals surface area contributed by atoms with E-state index in [1.807, 2.05) is 6.07 Å². The first-order valence-corrected chi connectivity index (χ1v) is 4.84. The number of carbonyl (C=O) groups is 2. The molecule has 0 radical (unpaired) electrons. The lowest BCUT2D eigenvalue weighted by Gasteiger charge is -2.15. The Morgan fingerprint density at radius 1 is 1.44 bits per heavy atom. The van der Waals surface area contributed by atoms with Gasteiger partial charge in [-0.2, -0.15) is 0 Å². The summed E-state index contributed by atoms with van der Waals surface area (Å²) in [4.78, 5) is 27.9. The molecule has 0 unspecified atom stereocenters. The Morgan fingerprint density at radius 2 is 2.19 bits per heavy atom. The molecule has 0 aromatic carbocycles. The number of amides is 1. The summed E-state index contributed by atoms with van der Waals surface area (Å²) in [5.41, 5.74) is 0.684. The molecule has 0 saturated carbocycles. The second-order valence-corrected chi connectivity index (χ2v) is 3.32. The molecule has 0 saturated heterocycles. The van der Waals surface area contributed by atoms with Crippen molar-refractivity contribution in [3.05, 3.63) is 30.1 Å². The van der Waals surface area contributed by atoms with Gasteiger partial charge in [0.2, 0.25) is 5.91 Å². The molecule has 1 rings (SSSR count). The summed E-state index contributed by atoms with van der Waals surface area (Å²) in [6.07, 6.45) is 1.82. The molecule has 0 aliphatic heterocycles. The molecule has 0 atom stereocenters. The molecule has 86 valence electrons. The van der Waals surface area contributed by atoms with E-state index in [0.717, 1.165) is 0 Å². The van der Waals surface area contributed by atoms with Crippen LogP contribution in [0.15, 0.2) is 24.4 Å². The van der Waals surface area contributed by atoms with E-state index in [1.54, 1.807) is 25.4 Å². The quantitative estimate of drug-likeness (QED) is 0.685. The van der Waals surface area contributed by atoms with Gasteiger partial charge in [0.15, 0.2) is 0 Å². The van der Waals surface area contributed by atoms with Crippen molar-refractivity contribution in [2.75, 3.05) is 20.7 Å².